The van der Waals surface area contributed by atoms with Gasteiger partial charge in [0.25, 0.3) is 5.22 Å². The highest BCUT2D eigenvalue weighted by molar-refractivity contribution is 7.99. The van der Waals surface area contributed by atoms with Gasteiger partial charge in [0.2, 0.25) is 5.89 Å². The quantitative estimate of drug-likeness (QED) is 0.739. The van der Waals surface area contributed by atoms with E-state index < -0.39 is 0 Å². The minimum atomic E-state index is 0.251. The van der Waals surface area contributed by atoms with E-state index in [-0.39, 0.29) is 6.10 Å². The lowest BCUT2D eigenvalue weighted by Gasteiger charge is -2.22. The second-order valence-electron chi connectivity index (χ2n) is 3.09. The molecule has 1 aromatic heterocycles. The van der Waals surface area contributed by atoms with E-state index in [4.69, 9.17) is 9.15 Å². The molecule has 1 saturated heterocycles. The van der Waals surface area contributed by atoms with Crippen molar-refractivity contribution in [2.45, 2.75) is 18.3 Å². The van der Waals surface area contributed by atoms with E-state index >= 15 is 0 Å². The molecule has 1 fully saturated rings. The first kappa shape index (κ1) is 9.95. The van der Waals surface area contributed by atoms with Crippen LogP contribution in [0.2, 0.25) is 0 Å². The number of nitrogens with one attached hydrogen (secondary N) is 1. The summed E-state index contributed by atoms with van der Waals surface area (Å²) in [6, 6.07) is 0. The number of aromatic nitrogens is 2. The maximum atomic E-state index is 5.53. The molecular weight excluding hydrogens is 202 g/mol. The summed E-state index contributed by atoms with van der Waals surface area (Å²) in [6.45, 7) is 4.42. The Morgan fingerprint density at radius 2 is 2.50 bits per heavy atom. The standard InChI is InChI=1S/C8H13N3O2S/c1-6-10-11-8(13-6)14-5-7-4-9-2-3-12-7/h7,9H,2-5H2,1H3. The van der Waals surface area contributed by atoms with Gasteiger partial charge in [0.15, 0.2) is 0 Å². The molecule has 5 nitrogen and oxygen atoms in total. The van der Waals surface area contributed by atoms with E-state index in [0.29, 0.717) is 11.1 Å². The van der Waals surface area contributed by atoms with Crippen LogP contribution in [0.4, 0.5) is 0 Å². The fraction of sp³-hybridized carbons (Fsp3) is 0.750. The molecule has 0 aromatic carbocycles. The first-order valence-electron chi connectivity index (χ1n) is 4.60. The molecule has 1 unspecified atom stereocenters. The smallest absolute Gasteiger partial charge is 0.276 e. The Morgan fingerprint density at radius 3 is 3.14 bits per heavy atom. The molecule has 1 aliphatic heterocycles. The summed E-state index contributed by atoms with van der Waals surface area (Å²) in [6.07, 6.45) is 0.251. The summed E-state index contributed by atoms with van der Waals surface area (Å²) in [7, 11) is 0. The van der Waals surface area contributed by atoms with Crippen LogP contribution in [0, 0.1) is 6.92 Å². The minimum absolute atomic E-state index is 0.251. The lowest BCUT2D eigenvalue weighted by atomic mass is 10.3. The Kier molecular flexibility index (Phi) is 3.39. The summed E-state index contributed by atoms with van der Waals surface area (Å²) in [5.41, 5.74) is 0. The van der Waals surface area contributed by atoms with Gasteiger partial charge in [-0.2, -0.15) is 0 Å². The molecule has 2 rings (SSSR count). The van der Waals surface area contributed by atoms with E-state index in [1.165, 1.54) is 0 Å². The number of morpholine rings is 1. The highest BCUT2D eigenvalue weighted by atomic mass is 32.2. The molecule has 0 amide bonds. The van der Waals surface area contributed by atoms with E-state index in [1.54, 1.807) is 18.7 Å². The van der Waals surface area contributed by atoms with Crippen LogP contribution in [-0.4, -0.2) is 41.8 Å². The van der Waals surface area contributed by atoms with Gasteiger partial charge in [-0.05, 0) is 0 Å². The van der Waals surface area contributed by atoms with Gasteiger partial charge in [-0.1, -0.05) is 11.8 Å². The van der Waals surface area contributed by atoms with E-state index in [0.717, 1.165) is 25.4 Å². The molecule has 0 saturated carbocycles. The van der Waals surface area contributed by atoms with Crippen LogP contribution in [0.15, 0.2) is 9.64 Å². The number of hydrogen-bond acceptors (Lipinski definition) is 6. The minimum Gasteiger partial charge on any atom is -0.416 e. The van der Waals surface area contributed by atoms with Gasteiger partial charge < -0.3 is 14.5 Å². The second kappa shape index (κ2) is 4.77. The fourth-order valence-electron chi connectivity index (χ4n) is 1.23. The molecule has 0 bridgehead atoms. The Labute approximate surface area is 86.6 Å². The normalized spacial score (nSPS) is 22.5. The molecule has 78 valence electrons. The molecule has 2 heterocycles. The van der Waals surface area contributed by atoms with Crippen molar-refractivity contribution in [3.05, 3.63) is 5.89 Å². The molecule has 1 N–H and O–H groups in total. The van der Waals surface area contributed by atoms with E-state index in [9.17, 15) is 0 Å². The van der Waals surface area contributed by atoms with Crippen LogP contribution in [-0.2, 0) is 4.74 Å². The molecular formula is C8H13N3O2S. The third-order valence-corrected chi connectivity index (χ3v) is 2.85. The van der Waals surface area contributed by atoms with Gasteiger partial charge in [0.05, 0.1) is 12.7 Å². The van der Waals surface area contributed by atoms with Crippen LogP contribution in [0.5, 0.6) is 0 Å². The van der Waals surface area contributed by atoms with E-state index in [1.807, 2.05) is 0 Å². The van der Waals surface area contributed by atoms with Crippen molar-refractivity contribution in [2.24, 2.45) is 0 Å². The molecule has 1 aromatic rings. The number of nitrogens with zero attached hydrogens (tertiary/aromatic N) is 2. The topological polar surface area (TPSA) is 60.2 Å². The van der Waals surface area contributed by atoms with Crippen molar-refractivity contribution in [1.29, 1.82) is 0 Å². The zero-order valence-corrected chi connectivity index (χ0v) is 8.84. The number of rotatable bonds is 3. The SMILES string of the molecule is Cc1nnc(SCC2CNCCO2)o1. The molecule has 14 heavy (non-hydrogen) atoms. The Bertz CT molecular complexity index is 286. The van der Waals surface area contributed by atoms with Gasteiger partial charge in [-0.3, -0.25) is 0 Å². The van der Waals surface area contributed by atoms with Crippen molar-refractivity contribution in [2.75, 3.05) is 25.4 Å². The zero-order valence-electron chi connectivity index (χ0n) is 8.02. The highest BCUT2D eigenvalue weighted by Gasteiger charge is 2.15. The largest absolute Gasteiger partial charge is 0.416 e. The summed E-state index contributed by atoms with van der Waals surface area (Å²) in [4.78, 5) is 0. The molecule has 0 spiro atoms. The summed E-state index contributed by atoms with van der Waals surface area (Å²) in [5.74, 6) is 1.46. The predicted molar refractivity (Wildman–Crippen MR) is 52.4 cm³/mol. The van der Waals surface area contributed by atoms with Crippen molar-refractivity contribution >= 4 is 11.8 Å². The third kappa shape index (κ3) is 2.70. The van der Waals surface area contributed by atoms with Crippen molar-refractivity contribution in [1.82, 2.24) is 15.5 Å². The zero-order chi connectivity index (χ0) is 9.80. The molecule has 0 radical (unpaired) electrons. The van der Waals surface area contributed by atoms with Crippen LogP contribution < -0.4 is 5.32 Å². The molecule has 0 aliphatic carbocycles. The van der Waals surface area contributed by atoms with Crippen LogP contribution in [0.3, 0.4) is 0 Å². The lowest BCUT2D eigenvalue weighted by molar-refractivity contribution is 0.0439. The lowest BCUT2D eigenvalue weighted by Crippen LogP contribution is -2.39. The average Bonchev–Trinajstić information content (AvgIpc) is 2.63. The Hall–Kier alpha value is -0.590. The van der Waals surface area contributed by atoms with Gasteiger partial charge in [-0.25, -0.2) is 0 Å². The number of thioether (sulfide) groups is 1. The average molecular weight is 215 g/mol. The summed E-state index contributed by atoms with van der Waals surface area (Å²) in [5, 5.41) is 11.6. The van der Waals surface area contributed by atoms with Crippen LogP contribution in [0.25, 0.3) is 0 Å². The number of ether oxygens (including phenoxy) is 1. The second-order valence-corrected chi connectivity index (χ2v) is 4.07. The highest BCUT2D eigenvalue weighted by Crippen LogP contribution is 2.17. The third-order valence-electron chi connectivity index (χ3n) is 1.90. The first-order valence-corrected chi connectivity index (χ1v) is 5.58. The summed E-state index contributed by atoms with van der Waals surface area (Å²) < 4.78 is 10.8. The maximum absolute atomic E-state index is 5.53. The first-order chi connectivity index (χ1) is 6.84. The molecule has 1 atom stereocenters. The molecule has 1 aliphatic rings. The number of aryl methyl sites for hydroxylation is 1. The van der Waals surface area contributed by atoms with Gasteiger partial charge >= 0.3 is 0 Å². The van der Waals surface area contributed by atoms with Gasteiger partial charge in [0.1, 0.15) is 0 Å². The Balaban J connectivity index is 1.76. The van der Waals surface area contributed by atoms with Gasteiger partial charge in [0, 0.05) is 25.8 Å². The molecule has 6 heteroatoms. The summed E-state index contributed by atoms with van der Waals surface area (Å²) >= 11 is 1.54. The van der Waals surface area contributed by atoms with Crippen LogP contribution >= 0.6 is 11.8 Å². The maximum Gasteiger partial charge on any atom is 0.276 e. The van der Waals surface area contributed by atoms with Crippen molar-refractivity contribution in [3.63, 3.8) is 0 Å². The van der Waals surface area contributed by atoms with Crippen molar-refractivity contribution in [3.8, 4) is 0 Å². The van der Waals surface area contributed by atoms with Gasteiger partial charge in [-0.15, -0.1) is 10.2 Å². The number of hydrogen-bond donors (Lipinski definition) is 1. The fourth-order valence-corrected chi connectivity index (χ4v) is 2.05. The predicted octanol–water partition coefficient (Wildman–Crippen LogP) is 0.459. The Morgan fingerprint density at radius 1 is 1.57 bits per heavy atom. The van der Waals surface area contributed by atoms with E-state index in [2.05, 4.69) is 15.5 Å². The monoisotopic (exact) mass is 215 g/mol. The van der Waals surface area contributed by atoms with Crippen molar-refractivity contribution < 1.29 is 9.15 Å². The van der Waals surface area contributed by atoms with Crippen LogP contribution in [0.1, 0.15) is 5.89 Å².